The molecule has 0 bridgehead atoms. The number of ether oxygens (including phenoxy) is 1. The molecule has 1 aliphatic rings. The van der Waals surface area contributed by atoms with Gasteiger partial charge < -0.3 is 9.64 Å². The average Bonchev–Trinajstić information content (AvgIpc) is 3.00. The number of nitrogens with zero attached hydrogens (tertiary/aromatic N) is 1. The van der Waals surface area contributed by atoms with Crippen LogP contribution in [0.5, 0.6) is 11.5 Å². The van der Waals surface area contributed by atoms with Crippen LogP contribution < -0.4 is 9.64 Å². The Labute approximate surface area is 223 Å². The lowest BCUT2D eigenvalue weighted by atomic mass is 9.97. The number of fused-ring (bicyclic) bond motifs is 2. The number of hydrogen-bond acceptors (Lipinski definition) is 2. The minimum Gasteiger partial charge on any atom is -0.453 e. The van der Waals surface area contributed by atoms with E-state index in [0.29, 0.717) is 0 Å². The third-order valence-electron chi connectivity index (χ3n) is 7.06. The molecule has 0 N–H and O–H groups in total. The molecular weight excluding hydrogens is 462 g/mol. The van der Waals surface area contributed by atoms with Crippen molar-refractivity contribution in [1.82, 2.24) is 0 Å². The number of benzene rings is 6. The third kappa shape index (κ3) is 4.03. The largest absolute Gasteiger partial charge is 0.453 e. The van der Waals surface area contributed by atoms with Crippen molar-refractivity contribution in [2.75, 3.05) is 4.90 Å². The van der Waals surface area contributed by atoms with Gasteiger partial charge in [-0.1, -0.05) is 109 Å². The molecule has 2 nitrogen and oxygen atoms in total. The van der Waals surface area contributed by atoms with E-state index < -0.39 is 0 Å². The summed E-state index contributed by atoms with van der Waals surface area (Å²) >= 11 is 0. The van der Waals surface area contributed by atoms with Gasteiger partial charge in [-0.15, -0.1) is 0 Å². The van der Waals surface area contributed by atoms with Crippen molar-refractivity contribution in [3.8, 4) is 44.9 Å². The Morgan fingerprint density at radius 3 is 1.55 bits per heavy atom. The monoisotopic (exact) mass is 487 g/mol. The van der Waals surface area contributed by atoms with Gasteiger partial charge in [-0.25, -0.2) is 0 Å². The van der Waals surface area contributed by atoms with Crippen molar-refractivity contribution in [2.45, 2.75) is 0 Å². The molecule has 1 aliphatic heterocycles. The van der Waals surface area contributed by atoms with Gasteiger partial charge in [-0.05, 0) is 75.8 Å². The molecule has 0 aromatic heterocycles. The fourth-order valence-electron chi connectivity index (χ4n) is 5.16. The standard InChI is InChI=1S/C36H25NO/c1-3-10-26(11-4-1)29-12-9-13-30(24-29)27-18-20-28(21-19-27)31-22-23-34-36(25-31)38-35-17-8-7-16-33(35)37(34)32-14-5-2-6-15-32/h1-25H. The minimum absolute atomic E-state index is 0.852. The van der Waals surface area contributed by atoms with Gasteiger partial charge in [0.15, 0.2) is 11.5 Å². The van der Waals surface area contributed by atoms with Crippen LogP contribution in [-0.2, 0) is 0 Å². The Balaban J connectivity index is 1.22. The molecule has 0 unspecified atom stereocenters. The number of anilines is 3. The van der Waals surface area contributed by atoms with Crippen LogP contribution >= 0.6 is 0 Å². The van der Waals surface area contributed by atoms with Gasteiger partial charge in [0.1, 0.15) is 0 Å². The quantitative estimate of drug-likeness (QED) is 0.245. The summed E-state index contributed by atoms with van der Waals surface area (Å²) in [6.45, 7) is 0. The van der Waals surface area contributed by atoms with Gasteiger partial charge in [0, 0.05) is 5.69 Å². The minimum atomic E-state index is 0.852. The first-order valence-corrected chi connectivity index (χ1v) is 12.9. The Hall–Kier alpha value is -5.08. The van der Waals surface area contributed by atoms with E-state index in [1.54, 1.807) is 0 Å². The van der Waals surface area contributed by atoms with Gasteiger partial charge in [0.05, 0.1) is 11.4 Å². The van der Waals surface area contributed by atoms with Crippen LogP contribution in [0.2, 0.25) is 0 Å². The van der Waals surface area contributed by atoms with E-state index in [4.69, 9.17) is 4.74 Å². The molecule has 0 aliphatic carbocycles. The predicted octanol–water partition coefficient (Wildman–Crippen LogP) is 10.3. The smallest absolute Gasteiger partial charge is 0.152 e. The average molecular weight is 488 g/mol. The van der Waals surface area contributed by atoms with Crippen molar-refractivity contribution in [3.63, 3.8) is 0 Å². The predicted molar refractivity (Wildman–Crippen MR) is 158 cm³/mol. The first kappa shape index (κ1) is 22.1. The summed E-state index contributed by atoms with van der Waals surface area (Å²) in [5.41, 5.74) is 10.3. The van der Waals surface area contributed by atoms with Crippen LogP contribution in [-0.4, -0.2) is 0 Å². The van der Waals surface area contributed by atoms with E-state index in [0.717, 1.165) is 39.7 Å². The molecule has 0 fully saturated rings. The van der Waals surface area contributed by atoms with Crippen molar-refractivity contribution in [3.05, 3.63) is 152 Å². The lowest BCUT2D eigenvalue weighted by Crippen LogP contribution is -2.15. The Bertz CT molecular complexity index is 1720. The van der Waals surface area contributed by atoms with Gasteiger partial charge >= 0.3 is 0 Å². The molecule has 0 atom stereocenters. The SMILES string of the molecule is c1ccc(-c2cccc(-c3ccc(-c4ccc5c(c4)Oc4ccccc4N5c4ccccc4)cc3)c2)cc1. The summed E-state index contributed by atoms with van der Waals surface area (Å²) < 4.78 is 6.40. The van der Waals surface area contributed by atoms with Crippen LogP contribution in [0, 0.1) is 0 Å². The van der Waals surface area contributed by atoms with Crippen molar-refractivity contribution in [2.24, 2.45) is 0 Å². The van der Waals surface area contributed by atoms with E-state index >= 15 is 0 Å². The van der Waals surface area contributed by atoms with E-state index in [9.17, 15) is 0 Å². The molecule has 6 aromatic carbocycles. The summed E-state index contributed by atoms with van der Waals surface area (Å²) in [5.74, 6) is 1.71. The summed E-state index contributed by atoms with van der Waals surface area (Å²) in [4.78, 5) is 2.26. The molecule has 0 spiro atoms. The molecule has 7 rings (SSSR count). The molecular formula is C36H25NO. The summed E-state index contributed by atoms with van der Waals surface area (Å²) in [6.07, 6.45) is 0. The highest BCUT2D eigenvalue weighted by molar-refractivity contribution is 5.88. The molecule has 0 radical (unpaired) electrons. The molecule has 1 heterocycles. The molecule has 0 amide bonds. The van der Waals surface area contributed by atoms with Crippen molar-refractivity contribution < 1.29 is 4.74 Å². The zero-order chi connectivity index (χ0) is 25.3. The topological polar surface area (TPSA) is 12.5 Å². The van der Waals surface area contributed by atoms with E-state index in [1.807, 2.05) is 18.2 Å². The Morgan fingerprint density at radius 1 is 0.342 bits per heavy atom. The lowest BCUT2D eigenvalue weighted by Gasteiger charge is -2.33. The molecule has 0 saturated carbocycles. The van der Waals surface area contributed by atoms with Crippen LogP contribution in [0.25, 0.3) is 33.4 Å². The van der Waals surface area contributed by atoms with Crippen LogP contribution in [0.1, 0.15) is 0 Å². The van der Waals surface area contributed by atoms with E-state index in [2.05, 4.69) is 138 Å². The zero-order valence-corrected chi connectivity index (χ0v) is 20.8. The second-order valence-electron chi connectivity index (χ2n) is 9.45. The van der Waals surface area contributed by atoms with Crippen molar-refractivity contribution >= 4 is 17.1 Å². The maximum atomic E-state index is 6.40. The molecule has 38 heavy (non-hydrogen) atoms. The highest BCUT2D eigenvalue weighted by Crippen LogP contribution is 2.51. The second-order valence-corrected chi connectivity index (χ2v) is 9.45. The van der Waals surface area contributed by atoms with Gasteiger partial charge in [0.2, 0.25) is 0 Å². The maximum absolute atomic E-state index is 6.40. The molecule has 180 valence electrons. The highest BCUT2D eigenvalue weighted by atomic mass is 16.5. The normalized spacial score (nSPS) is 11.8. The number of hydrogen-bond donors (Lipinski definition) is 0. The second kappa shape index (κ2) is 9.42. The van der Waals surface area contributed by atoms with E-state index in [-0.39, 0.29) is 0 Å². The lowest BCUT2D eigenvalue weighted by molar-refractivity contribution is 0.477. The van der Waals surface area contributed by atoms with Gasteiger partial charge in [0.25, 0.3) is 0 Å². The fourth-order valence-corrected chi connectivity index (χ4v) is 5.16. The molecule has 0 saturated heterocycles. The number of rotatable bonds is 4. The van der Waals surface area contributed by atoms with Gasteiger partial charge in [-0.3, -0.25) is 0 Å². The Kier molecular flexibility index (Phi) is 5.49. The first-order chi connectivity index (χ1) is 18.8. The summed E-state index contributed by atoms with van der Waals surface area (Å²) in [5, 5.41) is 0. The van der Waals surface area contributed by atoms with Gasteiger partial charge in [-0.2, -0.15) is 0 Å². The summed E-state index contributed by atoms with van der Waals surface area (Å²) in [7, 11) is 0. The Morgan fingerprint density at radius 2 is 0.842 bits per heavy atom. The fraction of sp³-hybridized carbons (Fsp3) is 0. The summed E-state index contributed by atoms with van der Waals surface area (Å²) in [6, 6.07) is 53.1. The highest BCUT2D eigenvalue weighted by Gasteiger charge is 2.25. The molecule has 6 aromatic rings. The third-order valence-corrected chi connectivity index (χ3v) is 7.06. The maximum Gasteiger partial charge on any atom is 0.152 e. The van der Waals surface area contributed by atoms with Crippen LogP contribution in [0.4, 0.5) is 17.1 Å². The zero-order valence-electron chi connectivity index (χ0n) is 20.8. The van der Waals surface area contributed by atoms with Crippen molar-refractivity contribution in [1.29, 1.82) is 0 Å². The first-order valence-electron chi connectivity index (χ1n) is 12.9. The van der Waals surface area contributed by atoms with Crippen LogP contribution in [0.3, 0.4) is 0 Å². The number of para-hydroxylation sites is 3. The van der Waals surface area contributed by atoms with E-state index in [1.165, 1.54) is 22.3 Å². The van der Waals surface area contributed by atoms with Crippen LogP contribution in [0.15, 0.2) is 152 Å². The molecule has 2 heteroatoms.